The zero-order chi connectivity index (χ0) is 21.4. The van der Waals surface area contributed by atoms with E-state index in [0.29, 0.717) is 18.5 Å². The number of aromatic amines is 1. The molecular formula is C22H19N3O5. The van der Waals surface area contributed by atoms with E-state index >= 15 is 0 Å². The number of aliphatic hydroxyl groups excluding tert-OH is 1. The number of para-hydroxylation sites is 1. The Morgan fingerprint density at radius 2 is 1.97 bits per heavy atom. The van der Waals surface area contributed by atoms with Gasteiger partial charge < -0.3 is 15.0 Å². The number of benzene rings is 2. The van der Waals surface area contributed by atoms with Gasteiger partial charge in [0.2, 0.25) is 0 Å². The van der Waals surface area contributed by atoms with E-state index in [0.717, 1.165) is 10.9 Å². The fraction of sp³-hybridized carbons (Fsp3) is 0.182. The largest absolute Gasteiger partial charge is 0.507 e. The summed E-state index contributed by atoms with van der Waals surface area (Å²) in [5, 5.41) is 22.9. The molecule has 1 aliphatic rings. The summed E-state index contributed by atoms with van der Waals surface area (Å²) in [7, 11) is 0. The third-order valence-electron chi connectivity index (χ3n) is 5.25. The van der Waals surface area contributed by atoms with Gasteiger partial charge in [0.05, 0.1) is 16.5 Å². The average molecular weight is 405 g/mol. The quantitative estimate of drug-likeness (QED) is 0.219. The predicted octanol–water partition coefficient (Wildman–Crippen LogP) is 3.91. The fourth-order valence-corrected chi connectivity index (χ4v) is 3.92. The van der Waals surface area contributed by atoms with Crippen LogP contribution in [-0.2, 0) is 9.59 Å². The number of H-pyrrole nitrogens is 1. The van der Waals surface area contributed by atoms with E-state index in [4.69, 9.17) is 0 Å². The topological polar surface area (TPSA) is 117 Å². The summed E-state index contributed by atoms with van der Waals surface area (Å²) in [6, 6.07) is 12.1. The maximum atomic E-state index is 12.9. The molecule has 0 saturated carbocycles. The lowest BCUT2D eigenvalue weighted by Crippen LogP contribution is -2.30. The number of non-ortho nitro benzene ring substituents is 1. The molecule has 1 fully saturated rings. The minimum atomic E-state index is -0.803. The van der Waals surface area contributed by atoms with Crippen LogP contribution in [0, 0.1) is 10.1 Å². The van der Waals surface area contributed by atoms with Crippen LogP contribution in [0.4, 0.5) is 5.69 Å². The molecule has 2 aromatic carbocycles. The van der Waals surface area contributed by atoms with E-state index in [1.165, 1.54) is 29.2 Å². The molecule has 152 valence electrons. The second kappa shape index (κ2) is 7.47. The summed E-state index contributed by atoms with van der Waals surface area (Å²) in [5.74, 6) is -1.92. The Kier molecular flexibility index (Phi) is 4.83. The van der Waals surface area contributed by atoms with Crippen LogP contribution in [0.1, 0.15) is 30.5 Å². The van der Waals surface area contributed by atoms with Crippen LogP contribution in [0.25, 0.3) is 16.7 Å². The second-order valence-corrected chi connectivity index (χ2v) is 7.09. The molecule has 0 bridgehead atoms. The van der Waals surface area contributed by atoms with E-state index in [1.54, 1.807) is 6.20 Å². The third-order valence-corrected chi connectivity index (χ3v) is 5.25. The van der Waals surface area contributed by atoms with E-state index < -0.39 is 28.4 Å². The number of hydrogen-bond donors (Lipinski definition) is 2. The molecule has 2 heterocycles. The predicted molar refractivity (Wildman–Crippen MR) is 111 cm³/mol. The SMILES string of the molecule is CCCN1C(=O)C(=O)/C(=C(/O)c2cccc([N+](=O)[O-])c2)C1c1c[nH]c2ccccc12. The van der Waals surface area contributed by atoms with Crippen LogP contribution in [0.3, 0.4) is 0 Å². The molecule has 4 rings (SSSR count). The number of hydrogen-bond acceptors (Lipinski definition) is 5. The van der Waals surface area contributed by atoms with Crippen molar-refractivity contribution in [2.75, 3.05) is 6.54 Å². The molecule has 2 N–H and O–H groups in total. The van der Waals surface area contributed by atoms with Gasteiger partial charge >= 0.3 is 0 Å². The van der Waals surface area contributed by atoms with Crippen molar-refractivity contribution in [1.82, 2.24) is 9.88 Å². The fourth-order valence-electron chi connectivity index (χ4n) is 3.92. The maximum absolute atomic E-state index is 12.9. The number of nitrogens with one attached hydrogen (secondary N) is 1. The molecule has 1 unspecified atom stereocenters. The van der Waals surface area contributed by atoms with Gasteiger partial charge in [0.1, 0.15) is 5.76 Å². The summed E-state index contributed by atoms with van der Waals surface area (Å²) in [6.45, 7) is 2.23. The molecule has 0 radical (unpaired) electrons. The van der Waals surface area contributed by atoms with Gasteiger partial charge in [-0.3, -0.25) is 19.7 Å². The molecule has 1 aromatic heterocycles. The highest BCUT2D eigenvalue weighted by atomic mass is 16.6. The van der Waals surface area contributed by atoms with Crippen molar-refractivity contribution in [2.45, 2.75) is 19.4 Å². The number of nitro groups is 1. The summed E-state index contributed by atoms with van der Waals surface area (Å²) < 4.78 is 0. The Bertz CT molecular complexity index is 1210. The van der Waals surface area contributed by atoms with Crippen molar-refractivity contribution in [2.24, 2.45) is 0 Å². The Balaban J connectivity index is 1.95. The normalized spacial score (nSPS) is 18.3. The minimum Gasteiger partial charge on any atom is -0.507 e. The van der Waals surface area contributed by atoms with Gasteiger partial charge in [-0.15, -0.1) is 0 Å². The number of nitrogens with zero attached hydrogens (tertiary/aromatic N) is 2. The molecule has 3 aromatic rings. The summed E-state index contributed by atoms with van der Waals surface area (Å²) in [6.07, 6.45) is 2.35. The molecule has 0 aliphatic carbocycles. The van der Waals surface area contributed by atoms with Crippen LogP contribution in [-0.4, -0.2) is 38.1 Å². The lowest BCUT2D eigenvalue weighted by atomic mass is 9.95. The first kappa shape index (κ1) is 19.4. The summed E-state index contributed by atoms with van der Waals surface area (Å²) in [4.78, 5) is 40.8. The van der Waals surface area contributed by atoms with Crippen molar-refractivity contribution in [3.05, 3.63) is 81.5 Å². The zero-order valence-electron chi connectivity index (χ0n) is 16.2. The number of nitro benzene ring substituents is 1. The van der Waals surface area contributed by atoms with Crippen molar-refractivity contribution in [3.8, 4) is 0 Å². The van der Waals surface area contributed by atoms with E-state index in [9.17, 15) is 24.8 Å². The third kappa shape index (κ3) is 3.02. The lowest BCUT2D eigenvalue weighted by molar-refractivity contribution is -0.384. The number of amides is 1. The Hall–Kier alpha value is -3.94. The number of Topliss-reactive ketones (excluding diaryl/α,β-unsaturated/α-hetero) is 1. The van der Waals surface area contributed by atoms with Gasteiger partial charge in [0.25, 0.3) is 17.4 Å². The maximum Gasteiger partial charge on any atom is 0.295 e. The van der Waals surface area contributed by atoms with Crippen LogP contribution in [0.15, 0.2) is 60.3 Å². The van der Waals surface area contributed by atoms with E-state index in [1.807, 2.05) is 31.2 Å². The van der Waals surface area contributed by atoms with Crippen molar-refractivity contribution in [3.63, 3.8) is 0 Å². The monoisotopic (exact) mass is 405 g/mol. The molecule has 1 aliphatic heterocycles. The number of carbonyl (C=O) groups is 2. The molecule has 8 nitrogen and oxygen atoms in total. The van der Waals surface area contributed by atoms with Gasteiger partial charge in [-0.25, -0.2) is 0 Å². The Morgan fingerprint density at radius 3 is 2.70 bits per heavy atom. The highest BCUT2D eigenvalue weighted by molar-refractivity contribution is 6.46. The highest BCUT2D eigenvalue weighted by Crippen LogP contribution is 2.42. The number of fused-ring (bicyclic) bond motifs is 1. The van der Waals surface area contributed by atoms with E-state index in [-0.39, 0.29) is 16.8 Å². The number of ketones is 1. The number of likely N-dealkylation sites (tertiary alicyclic amines) is 1. The van der Waals surface area contributed by atoms with Crippen molar-refractivity contribution >= 4 is 34.0 Å². The first-order valence-corrected chi connectivity index (χ1v) is 9.53. The minimum absolute atomic E-state index is 0.0706. The highest BCUT2D eigenvalue weighted by Gasteiger charge is 2.46. The summed E-state index contributed by atoms with van der Waals surface area (Å²) >= 11 is 0. The first-order chi connectivity index (χ1) is 14.4. The molecule has 1 saturated heterocycles. The van der Waals surface area contributed by atoms with Crippen LogP contribution in [0.2, 0.25) is 0 Å². The van der Waals surface area contributed by atoms with Crippen LogP contribution >= 0.6 is 0 Å². The first-order valence-electron chi connectivity index (χ1n) is 9.53. The molecule has 0 spiro atoms. The van der Waals surface area contributed by atoms with Gasteiger partial charge in [-0.2, -0.15) is 0 Å². The van der Waals surface area contributed by atoms with Crippen LogP contribution in [0.5, 0.6) is 0 Å². The van der Waals surface area contributed by atoms with E-state index in [2.05, 4.69) is 4.98 Å². The number of rotatable bonds is 5. The smallest absolute Gasteiger partial charge is 0.295 e. The molecule has 30 heavy (non-hydrogen) atoms. The Morgan fingerprint density at radius 1 is 1.20 bits per heavy atom. The van der Waals surface area contributed by atoms with Gasteiger partial charge in [-0.05, 0) is 12.5 Å². The van der Waals surface area contributed by atoms with Gasteiger partial charge in [0, 0.05) is 46.9 Å². The number of carbonyl (C=O) groups excluding carboxylic acids is 2. The standard InChI is InChI=1S/C22H19N3O5/c1-2-10-24-19(16-12-23-17-9-4-3-8-15(16)17)18(21(27)22(24)28)20(26)13-6-5-7-14(11-13)25(29)30/h3-9,11-12,19,23,26H,2,10H2,1H3/b20-18+. The number of aliphatic hydroxyl groups is 1. The second-order valence-electron chi connectivity index (χ2n) is 7.09. The molecule has 1 amide bonds. The molecule has 8 heteroatoms. The Labute approximate surface area is 171 Å². The van der Waals surface area contributed by atoms with Crippen molar-refractivity contribution in [1.29, 1.82) is 0 Å². The molecule has 1 atom stereocenters. The average Bonchev–Trinajstić information content (AvgIpc) is 3.28. The zero-order valence-corrected chi connectivity index (χ0v) is 16.2. The summed E-state index contributed by atoms with van der Waals surface area (Å²) in [5.41, 5.74) is 1.35. The van der Waals surface area contributed by atoms with Gasteiger partial charge in [-0.1, -0.05) is 37.3 Å². The van der Waals surface area contributed by atoms with Crippen molar-refractivity contribution < 1.29 is 19.6 Å². The van der Waals surface area contributed by atoms with Gasteiger partial charge in [0.15, 0.2) is 0 Å². The lowest BCUT2D eigenvalue weighted by Gasteiger charge is -2.24. The number of aromatic nitrogens is 1. The molecular weight excluding hydrogens is 386 g/mol. The van der Waals surface area contributed by atoms with Crippen LogP contribution < -0.4 is 0 Å².